The zero-order valence-electron chi connectivity index (χ0n) is 9.87. The number of para-hydroxylation sites is 2. The first-order valence-corrected chi connectivity index (χ1v) is 5.61. The van der Waals surface area contributed by atoms with Crippen molar-refractivity contribution in [1.82, 2.24) is 9.55 Å². The van der Waals surface area contributed by atoms with Crippen LogP contribution in [0.4, 0.5) is 0 Å². The van der Waals surface area contributed by atoms with Crippen LogP contribution in [0, 0.1) is 0 Å². The van der Waals surface area contributed by atoms with Gasteiger partial charge < -0.3 is 14.0 Å². The Labute approximate surface area is 101 Å². The van der Waals surface area contributed by atoms with E-state index >= 15 is 0 Å². The van der Waals surface area contributed by atoms with E-state index in [1.54, 1.807) is 13.3 Å². The van der Waals surface area contributed by atoms with Crippen molar-refractivity contribution in [3.8, 4) is 11.5 Å². The SMILES string of the molecule is COc1ccccc1OCCCn1ccnc1. The Hall–Kier alpha value is -1.97. The molecule has 4 nitrogen and oxygen atoms in total. The first kappa shape index (κ1) is 11.5. The van der Waals surface area contributed by atoms with Crippen molar-refractivity contribution in [1.29, 1.82) is 0 Å². The predicted octanol–water partition coefficient (Wildman–Crippen LogP) is 2.36. The maximum Gasteiger partial charge on any atom is 0.161 e. The molecule has 17 heavy (non-hydrogen) atoms. The molecule has 0 bridgehead atoms. The third-order valence-electron chi connectivity index (χ3n) is 2.45. The zero-order valence-corrected chi connectivity index (χ0v) is 9.87. The Morgan fingerprint density at radius 1 is 1.24 bits per heavy atom. The normalized spacial score (nSPS) is 10.2. The third kappa shape index (κ3) is 3.24. The van der Waals surface area contributed by atoms with E-state index < -0.39 is 0 Å². The van der Waals surface area contributed by atoms with Gasteiger partial charge >= 0.3 is 0 Å². The molecule has 1 aromatic heterocycles. The van der Waals surface area contributed by atoms with Crippen molar-refractivity contribution in [2.24, 2.45) is 0 Å². The number of rotatable bonds is 6. The lowest BCUT2D eigenvalue weighted by molar-refractivity contribution is 0.282. The maximum absolute atomic E-state index is 5.67. The van der Waals surface area contributed by atoms with Crippen molar-refractivity contribution in [2.45, 2.75) is 13.0 Å². The van der Waals surface area contributed by atoms with Gasteiger partial charge in [-0.1, -0.05) is 12.1 Å². The molecule has 0 radical (unpaired) electrons. The summed E-state index contributed by atoms with van der Waals surface area (Å²) >= 11 is 0. The number of imidazole rings is 1. The highest BCUT2D eigenvalue weighted by atomic mass is 16.5. The number of hydrogen-bond acceptors (Lipinski definition) is 3. The van der Waals surface area contributed by atoms with Gasteiger partial charge in [-0.15, -0.1) is 0 Å². The van der Waals surface area contributed by atoms with E-state index in [0.717, 1.165) is 24.5 Å². The van der Waals surface area contributed by atoms with Gasteiger partial charge in [0.25, 0.3) is 0 Å². The summed E-state index contributed by atoms with van der Waals surface area (Å²) in [5.74, 6) is 1.57. The van der Waals surface area contributed by atoms with Gasteiger partial charge in [-0.05, 0) is 18.6 Å². The Kier molecular flexibility index (Phi) is 4.02. The number of hydrogen-bond donors (Lipinski definition) is 0. The van der Waals surface area contributed by atoms with Crippen LogP contribution in [-0.4, -0.2) is 23.3 Å². The molecule has 0 spiro atoms. The molecule has 0 unspecified atom stereocenters. The minimum Gasteiger partial charge on any atom is -0.493 e. The molecule has 0 aliphatic rings. The van der Waals surface area contributed by atoms with E-state index in [2.05, 4.69) is 4.98 Å². The van der Waals surface area contributed by atoms with Crippen LogP contribution in [0.15, 0.2) is 43.0 Å². The Balaban J connectivity index is 1.78. The number of benzene rings is 1. The molecule has 2 aromatic rings. The number of methoxy groups -OCH3 is 1. The summed E-state index contributed by atoms with van der Waals surface area (Å²) in [6.07, 6.45) is 6.47. The fourth-order valence-electron chi connectivity index (χ4n) is 1.59. The number of ether oxygens (including phenoxy) is 2. The average Bonchev–Trinajstić information content (AvgIpc) is 2.88. The fourth-order valence-corrected chi connectivity index (χ4v) is 1.59. The van der Waals surface area contributed by atoms with Crippen LogP contribution in [0.1, 0.15) is 6.42 Å². The van der Waals surface area contributed by atoms with Gasteiger partial charge in [0.1, 0.15) is 0 Å². The number of aromatic nitrogens is 2. The summed E-state index contributed by atoms with van der Waals surface area (Å²) in [6, 6.07) is 7.67. The topological polar surface area (TPSA) is 36.3 Å². The molecular weight excluding hydrogens is 216 g/mol. The highest BCUT2D eigenvalue weighted by Crippen LogP contribution is 2.25. The average molecular weight is 232 g/mol. The fraction of sp³-hybridized carbons (Fsp3) is 0.308. The van der Waals surface area contributed by atoms with Crippen LogP contribution >= 0.6 is 0 Å². The molecule has 0 saturated heterocycles. The summed E-state index contributed by atoms with van der Waals surface area (Å²) in [7, 11) is 1.65. The first-order valence-electron chi connectivity index (χ1n) is 5.61. The molecule has 0 aliphatic carbocycles. The van der Waals surface area contributed by atoms with Crippen molar-refractivity contribution in [3.63, 3.8) is 0 Å². The molecule has 90 valence electrons. The van der Waals surface area contributed by atoms with Gasteiger partial charge in [0, 0.05) is 18.9 Å². The predicted molar refractivity (Wildman–Crippen MR) is 65.3 cm³/mol. The molecule has 0 aliphatic heterocycles. The van der Waals surface area contributed by atoms with Crippen LogP contribution in [0.2, 0.25) is 0 Å². The monoisotopic (exact) mass is 232 g/mol. The van der Waals surface area contributed by atoms with E-state index in [1.165, 1.54) is 0 Å². The molecule has 0 saturated carbocycles. The van der Waals surface area contributed by atoms with Gasteiger partial charge in [0.15, 0.2) is 11.5 Å². The summed E-state index contributed by atoms with van der Waals surface area (Å²) < 4.78 is 12.9. The van der Waals surface area contributed by atoms with E-state index in [-0.39, 0.29) is 0 Å². The van der Waals surface area contributed by atoms with Crippen LogP contribution < -0.4 is 9.47 Å². The molecule has 0 amide bonds. The quantitative estimate of drug-likeness (QED) is 0.717. The number of nitrogens with zero attached hydrogens (tertiary/aromatic N) is 2. The van der Waals surface area contributed by atoms with Gasteiger partial charge in [-0.25, -0.2) is 4.98 Å². The van der Waals surface area contributed by atoms with Crippen LogP contribution in [0.3, 0.4) is 0 Å². The van der Waals surface area contributed by atoms with Crippen LogP contribution in [0.5, 0.6) is 11.5 Å². The molecule has 1 heterocycles. The molecule has 0 atom stereocenters. The van der Waals surface area contributed by atoms with Crippen molar-refractivity contribution in [2.75, 3.05) is 13.7 Å². The minimum absolute atomic E-state index is 0.665. The summed E-state index contributed by atoms with van der Waals surface area (Å²) in [6.45, 7) is 1.58. The van der Waals surface area contributed by atoms with Crippen LogP contribution in [-0.2, 0) is 6.54 Å². The van der Waals surface area contributed by atoms with Crippen molar-refractivity contribution in [3.05, 3.63) is 43.0 Å². The molecular formula is C13H16N2O2. The van der Waals surface area contributed by atoms with E-state index in [0.29, 0.717) is 6.61 Å². The lowest BCUT2D eigenvalue weighted by Crippen LogP contribution is -2.03. The van der Waals surface area contributed by atoms with Crippen molar-refractivity contribution >= 4 is 0 Å². The highest BCUT2D eigenvalue weighted by molar-refractivity contribution is 5.39. The second-order valence-electron chi connectivity index (χ2n) is 3.65. The first-order chi connectivity index (χ1) is 8.40. The van der Waals surface area contributed by atoms with Gasteiger partial charge in [0.2, 0.25) is 0 Å². The Bertz CT molecular complexity index is 440. The lowest BCUT2D eigenvalue weighted by Gasteiger charge is -2.10. The molecule has 2 rings (SSSR count). The van der Waals surface area contributed by atoms with Gasteiger partial charge in [-0.2, -0.15) is 0 Å². The molecule has 0 N–H and O–H groups in total. The largest absolute Gasteiger partial charge is 0.493 e. The van der Waals surface area contributed by atoms with E-state index in [4.69, 9.17) is 9.47 Å². The summed E-state index contributed by atoms with van der Waals surface area (Å²) in [5, 5.41) is 0. The number of aryl methyl sites for hydroxylation is 1. The highest BCUT2D eigenvalue weighted by Gasteiger charge is 2.01. The molecule has 0 fully saturated rings. The smallest absolute Gasteiger partial charge is 0.161 e. The van der Waals surface area contributed by atoms with E-state index in [1.807, 2.05) is 41.4 Å². The molecule has 4 heteroatoms. The maximum atomic E-state index is 5.67. The van der Waals surface area contributed by atoms with Gasteiger partial charge in [-0.3, -0.25) is 0 Å². The molecule has 1 aromatic carbocycles. The minimum atomic E-state index is 0.665. The lowest BCUT2D eigenvalue weighted by atomic mass is 10.3. The second kappa shape index (κ2) is 5.94. The summed E-state index contributed by atoms with van der Waals surface area (Å²) in [4.78, 5) is 3.99. The van der Waals surface area contributed by atoms with E-state index in [9.17, 15) is 0 Å². The Morgan fingerprint density at radius 3 is 2.76 bits per heavy atom. The van der Waals surface area contributed by atoms with Gasteiger partial charge in [0.05, 0.1) is 20.0 Å². The third-order valence-corrected chi connectivity index (χ3v) is 2.45. The summed E-state index contributed by atoms with van der Waals surface area (Å²) in [5.41, 5.74) is 0. The Morgan fingerprint density at radius 2 is 2.06 bits per heavy atom. The standard InChI is InChI=1S/C13H16N2O2/c1-16-12-5-2-3-6-13(12)17-10-4-8-15-9-7-14-11-15/h2-3,5-7,9,11H,4,8,10H2,1H3. The second-order valence-corrected chi connectivity index (χ2v) is 3.65. The van der Waals surface area contributed by atoms with Crippen LogP contribution in [0.25, 0.3) is 0 Å². The van der Waals surface area contributed by atoms with Crippen molar-refractivity contribution < 1.29 is 9.47 Å². The zero-order chi connectivity index (χ0) is 11.9.